The average molecular weight is 273 g/mol. The fourth-order valence-electron chi connectivity index (χ4n) is 3.35. The highest BCUT2D eigenvalue weighted by atomic mass is 16.5. The lowest BCUT2D eigenvalue weighted by Crippen LogP contribution is -2.61. The maximum Gasteiger partial charge on any atom is 0.156 e. The van der Waals surface area contributed by atoms with E-state index in [0.29, 0.717) is 12.1 Å². The molecule has 2 aliphatic heterocycles. The molecular formula is C14H19N5O. The van der Waals surface area contributed by atoms with Crippen LogP contribution < -0.4 is 4.90 Å². The number of aromatic nitrogens is 3. The first-order valence-electron chi connectivity index (χ1n) is 7.18. The van der Waals surface area contributed by atoms with Crippen molar-refractivity contribution in [3.63, 3.8) is 0 Å². The van der Waals surface area contributed by atoms with Gasteiger partial charge in [0.25, 0.3) is 0 Å². The number of rotatable bonds is 1. The van der Waals surface area contributed by atoms with Crippen molar-refractivity contribution < 1.29 is 4.74 Å². The van der Waals surface area contributed by atoms with Gasteiger partial charge in [-0.15, -0.1) is 0 Å². The molecule has 0 saturated carbocycles. The van der Waals surface area contributed by atoms with E-state index in [0.717, 1.165) is 44.3 Å². The van der Waals surface area contributed by atoms with Crippen molar-refractivity contribution in [3.05, 3.63) is 24.8 Å². The lowest BCUT2D eigenvalue weighted by atomic mass is 10.1. The van der Waals surface area contributed by atoms with Crippen LogP contribution in [0.1, 0.15) is 6.92 Å². The number of imidazole rings is 1. The van der Waals surface area contributed by atoms with Crippen LogP contribution in [0.5, 0.6) is 0 Å². The van der Waals surface area contributed by atoms with E-state index in [1.54, 1.807) is 6.20 Å². The predicted molar refractivity (Wildman–Crippen MR) is 76.0 cm³/mol. The lowest BCUT2D eigenvalue weighted by molar-refractivity contribution is -0.0469. The number of morpholine rings is 1. The van der Waals surface area contributed by atoms with Crippen LogP contribution in [-0.2, 0) is 4.74 Å². The topological polar surface area (TPSA) is 45.9 Å². The zero-order chi connectivity index (χ0) is 13.5. The molecule has 0 unspecified atom stereocenters. The van der Waals surface area contributed by atoms with E-state index in [2.05, 4.69) is 31.1 Å². The Balaban J connectivity index is 1.62. The average Bonchev–Trinajstić information content (AvgIpc) is 2.95. The van der Waals surface area contributed by atoms with E-state index in [9.17, 15) is 0 Å². The maximum absolute atomic E-state index is 5.70. The number of piperazine rings is 1. The van der Waals surface area contributed by atoms with Crippen LogP contribution in [0.15, 0.2) is 24.8 Å². The minimum atomic E-state index is 0.478. The van der Waals surface area contributed by atoms with Crippen LogP contribution in [0.2, 0.25) is 0 Å². The summed E-state index contributed by atoms with van der Waals surface area (Å²) in [6, 6.07) is 1.00. The van der Waals surface area contributed by atoms with Gasteiger partial charge in [0.1, 0.15) is 5.82 Å². The van der Waals surface area contributed by atoms with Gasteiger partial charge in [0.15, 0.2) is 5.65 Å². The molecule has 2 atom stereocenters. The van der Waals surface area contributed by atoms with Crippen molar-refractivity contribution in [1.29, 1.82) is 0 Å². The molecule has 0 bridgehead atoms. The summed E-state index contributed by atoms with van der Waals surface area (Å²) in [7, 11) is 0. The molecule has 2 aliphatic rings. The number of nitrogens with zero attached hydrogens (tertiary/aromatic N) is 5. The van der Waals surface area contributed by atoms with E-state index >= 15 is 0 Å². The third-order valence-corrected chi connectivity index (χ3v) is 4.38. The van der Waals surface area contributed by atoms with Crippen molar-refractivity contribution in [3.8, 4) is 0 Å². The summed E-state index contributed by atoms with van der Waals surface area (Å²) < 4.78 is 7.81. The summed E-state index contributed by atoms with van der Waals surface area (Å²) in [6.07, 6.45) is 7.55. The molecule has 0 spiro atoms. The molecule has 0 aromatic carbocycles. The van der Waals surface area contributed by atoms with Gasteiger partial charge < -0.3 is 9.64 Å². The molecular weight excluding hydrogens is 254 g/mol. The van der Waals surface area contributed by atoms with Crippen LogP contribution in [0.25, 0.3) is 5.65 Å². The predicted octanol–water partition coefficient (Wildman–Crippen LogP) is 0.639. The Hall–Kier alpha value is -1.66. The minimum Gasteiger partial charge on any atom is -0.378 e. The highest BCUT2D eigenvalue weighted by Gasteiger charge is 2.34. The molecule has 2 aromatic heterocycles. The van der Waals surface area contributed by atoms with E-state index in [1.807, 2.05) is 18.6 Å². The zero-order valence-electron chi connectivity index (χ0n) is 11.6. The van der Waals surface area contributed by atoms with Crippen molar-refractivity contribution in [1.82, 2.24) is 19.3 Å². The summed E-state index contributed by atoms with van der Waals surface area (Å²) in [6.45, 7) is 7.03. The Kier molecular flexibility index (Phi) is 2.85. The summed E-state index contributed by atoms with van der Waals surface area (Å²) in [4.78, 5) is 13.6. The molecule has 20 heavy (non-hydrogen) atoms. The van der Waals surface area contributed by atoms with E-state index in [-0.39, 0.29) is 0 Å². The summed E-state index contributed by atoms with van der Waals surface area (Å²) in [5.74, 6) is 1.12. The highest BCUT2D eigenvalue weighted by Crippen LogP contribution is 2.23. The van der Waals surface area contributed by atoms with Gasteiger partial charge in [-0.25, -0.2) is 4.98 Å². The van der Waals surface area contributed by atoms with Crippen LogP contribution in [0.3, 0.4) is 0 Å². The lowest BCUT2D eigenvalue weighted by Gasteiger charge is -2.47. The molecule has 0 amide bonds. The van der Waals surface area contributed by atoms with Gasteiger partial charge in [0.05, 0.1) is 31.6 Å². The third kappa shape index (κ3) is 1.87. The molecule has 2 saturated heterocycles. The van der Waals surface area contributed by atoms with Crippen molar-refractivity contribution in [2.24, 2.45) is 0 Å². The van der Waals surface area contributed by atoms with Gasteiger partial charge in [-0.3, -0.25) is 14.3 Å². The van der Waals surface area contributed by atoms with Crippen molar-refractivity contribution in [2.75, 3.05) is 37.7 Å². The molecule has 4 rings (SSSR count). The highest BCUT2D eigenvalue weighted by molar-refractivity contribution is 5.49. The largest absolute Gasteiger partial charge is 0.378 e. The molecule has 0 aliphatic carbocycles. The number of fused-ring (bicyclic) bond motifs is 2. The fourth-order valence-corrected chi connectivity index (χ4v) is 3.35. The second-order valence-corrected chi connectivity index (χ2v) is 5.65. The first-order chi connectivity index (χ1) is 9.83. The van der Waals surface area contributed by atoms with Gasteiger partial charge in [-0.1, -0.05) is 0 Å². The summed E-state index contributed by atoms with van der Waals surface area (Å²) in [5, 5.41) is 0. The standard InChI is InChI=1S/C14H19N5O/c1-11-9-20-10-12-8-17(4-5-18(11)12)14-7-15-6-13-16-2-3-19(13)14/h2-3,6-7,11-12H,4-5,8-10H2,1H3/t11-,12+/m0/s1. The molecule has 2 fully saturated rings. The Bertz CT molecular complexity index is 612. The molecule has 6 nitrogen and oxygen atoms in total. The number of ether oxygens (including phenoxy) is 1. The fraction of sp³-hybridized carbons (Fsp3) is 0.571. The third-order valence-electron chi connectivity index (χ3n) is 4.38. The van der Waals surface area contributed by atoms with Gasteiger partial charge in [-0.2, -0.15) is 0 Å². The second kappa shape index (κ2) is 4.71. The Morgan fingerprint density at radius 1 is 1.25 bits per heavy atom. The van der Waals surface area contributed by atoms with E-state index < -0.39 is 0 Å². The van der Waals surface area contributed by atoms with Gasteiger partial charge in [0, 0.05) is 38.1 Å². The Morgan fingerprint density at radius 3 is 3.15 bits per heavy atom. The Morgan fingerprint density at radius 2 is 2.20 bits per heavy atom. The van der Waals surface area contributed by atoms with Gasteiger partial charge >= 0.3 is 0 Å². The van der Waals surface area contributed by atoms with E-state index in [1.165, 1.54) is 0 Å². The zero-order valence-corrected chi connectivity index (χ0v) is 11.6. The normalized spacial score (nSPS) is 27.8. The molecule has 2 aromatic rings. The Labute approximate surface area is 118 Å². The van der Waals surface area contributed by atoms with Crippen LogP contribution in [0, 0.1) is 0 Å². The van der Waals surface area contributed by atoms with Crippen LogP contribution in [0.4, 0.5) is 5.82 Å². The maximum atomic E-state index is 5.70. The molecule has 6 heteroatoms. The smallest absolute Gasteiger partial charge is 0.156 e. The first kappa shape index (κ1) is 12.1. The van der Waals surface area contributed by atoms with Gasteiger partial charge in [0.2, 0.25) is 0 Å². The summed E-state index contributed by atoms with van der Waals surface area (Å²) in [5.41, 5.74) is 0.901. The molecule has 0 radical (unpaired) electrons. The van der Waals surface area contributed by atoms with Crippen LogP contribution in [-0.4, -0.2) is 64.2 Å². The minimum absolute atomic E-state index is 0.478. The number of hydrogen-bond acceptors (Lipinski definition) is 5. The number of hydrogen-bond donors (Lipinski definition) is 0. The molecule has 106 valence electrons. The molecule has 4 heterocycles. The SMILES string of the molecule is C[C@H]1COC[C@H]2CN(c3cncc4nccn34)CCN21. The second-order valence-electron chi connectivity index (χ2n) is 5.65. The van der Waals surface area contributed by atoms with Crippen molar-refractivity contribution >= 4 is 11.5 Å². The van der Waals surface area contributed by atoms with E-state index in [4.69, 9.17) is 4.74 Å². The van der Waals surface area contributed by atoms with Crippen LogP contribution >= 0.6 is 0 Å². The first-order valence-corrected chi connectivity index (χ1v) is 7.18. The molecule has 0 N–H and O–H groups in total. The van der Waals surface area contributed by atoms with Gasteiger partial charge in [-0.05, 0) is 6.92 Å². The quantitative estimate of drug-likeness (QED) is 0.763. The monoisotopic (exact) mass is 273 g/mol. The van der Waals surface area contributed by atoms with Crippen molar-refractivity contribution in [2.45, 2.75) is 19.0 Å². The number of anilines is 1. The summed E-state index contributed by atoms with van der Waals surface area (Å²) >= 11 is 0.